The number of furan rings is 1. The lowest BCUT2D eigenvalue weighted by molar-refractivity contribution is -0.145. The molecule has 1 amide bonds. The van der Waals surface area contributed by atoms with Gasteiger partial charge in [-0.2, -0.15) is 0 Å². The lowest BCUT2D eigenvalue weighted by Gasteiger charge is -2.21. The third-order valence-corrected chi connectivity index (χ3v) is 2.72. The minimum atomic E-state index is -0.470. The standard InChI is InChI=1S/C11H13NO4/c1-15-11(14)8-4-2-6-12(8)10(13)9-5-3-7-16-9/h3,5,7-8H,2,4,6H2,1H3. The van der Waals surface area contributed by atoms with Crippen molar-refractivity contribution >= 4 is 11.9 Å². The van der Waals surface area contributed by atoms with Crippen LogP contribution in [0.2, 0.25) is 0 Å². The third kappa shape index (κ3) is 1.80. The molecule has 0 bridgehead atoms. The van der Waals surface area contributed by atoms with Gasteiger partial charge in [0.2, 0.25) is 0 Å². The molecule has 1 unspecified atom stereocenters. The first kappa shape index (κ1) is 10.7. The molecule has 1 aromatic rings. The maximum absolute atomic E-state index is 12.0. The number of ether oxygens (including phenoxy) is 1. The fourth-order valence-electron chi connectivity index (χ4n) is 1.93. The van der Waals surface area contributed by atoms with Crippen molar-refractivity contribution in [3.8, 4) is 0 Å². The predicted molar refractivity (Wildman–Crippen MR) is 54.8 cm³/mol. The summed E-state index contributed by atoms with van der Waals surface area (Å²) in [4.78, 5) is 24.9. The van der Waals surface area contributed by atoms with Gasteiger partial charge in [-0.15, -0.1) is 0 Å². The molecule has 0 N–H and O–H groups in total. The van der Waals surface area contributed by atoms with Gasteiger partial charge in [0.05, 0.1) is 13.4 Å². The van der Waals surface area contributed by atoms with Gasteiger partial charge in [-0.25, -0.2) is 4.79 Å². The molecule has 0 saturated carbocycles. The molecule has 1 saturated heterocycles. The first-order valence-electron chi connectivity index (χ1n) is 5.16. The highest BCUT2D eigenvalue weighted by Crippen LogP contribution is 2.21. The van der Waals surface area contributed by atoms with E-state index in [4.69, 9.17) is 4.42 Å². The Labute approximate surface area is 93.0 Å². The van der Waals surface area contributed by atoms with E-state index in [1.165, 1.54) is 18.3 Å². The van der Waals surface area contributed by atoms with Gasteiger partial charge in [0.15, 0.2) is 5.76 Å². The van der Waals surface area contributed by atoms with E-state index >= 15 is 0 Å². The van der Waals surface area contributed by atoms with Crippen LogP contribution in [0.1, 0.15) is 23.4 Å². The maximum Gasteiger partial charge on any atom is 0.328 e. The molecular formula is C11H13NO4. The molecule has 0 radical (unpaired) electrons. The molecule has 1 aliphatic heterocycles. The topological polar surface area (TPSA) is 59.8 Å². The SMILES string of the molecule is COC(=O)C1CCCN1C(=O)c1ccco1. The van der Waals surface area contributed by atoms with Crippen molar-refractivity contribution in [2.45, 2.75) is 18.9 Å². The molecule has 1 atom stereocenters. The predicted octanol–water partition coefficient (Wildman–Crippen LogP) is 1.06. The molecule has 2 heterocycles. The van der Waals surface area contributed by atoms with Crippen LogP contribution in [-0.4, -0.2) is 36.5 Å². The van der Waals surface area contributed by atoms with Crippen molar-refractivity contribution in [2.24, 2.45) is 0 Å². The van der Waals surface area contributed by atoms with Crippen molar-refractivity contribution in [3.63, 3.8) is 0 Å². The minimum Gasteiger partial charge on any atom is -0.467 e. The lowest BCUT2D eigenvalue weighted by Crippen LogP contribution is -2.40. The number of amides is 1. The Morgan fingerprint density at radius 2 is 2.38 bits per heavy atom. The van der Waals surface area contributed by atoms with E-state index < -0.39 is 6.04 Å². The molecule has 5 nitrogen and oxygen atoms in total. The van der Waals surface area contributed by atoms with E-state index in [1.807, 2.05) is 0 Å². The monoisotopic (exact) mass is 223 g/mol. The van der Waals surface area contributed by atoms with Crippen LogP contribution in [0.4, 0.5) is 0 Å². The van der Waals surface area contributed by atoms with Gasteiger partial charge >= 0.3 is 5.97 Å². The van der Waals surface area contributed by atoms with E-state index in [1.54, 1.807) is 12.1 Å². The second-order valence-corrected chi connectivity index (χ2v) is 3.66. The Balaban J connectivity index is 2.14. The average molecular weight is 223 g/mol. The van der Waals surface area contributed by atoms with Crippen LogP contribution in [0.25, 0.3) is 0 Å². The fraction of sp³-hybridized carbons (Fsp3) is 0.455. The summed E-state index contributed by atoms with van der Waals surface area (Å²) in [7, 11) is 1.33. The Bertz CT molecular complexity index is 385. The Hall–Kier alpha value is -1.78. The number of hydrogen-bond acceptors (Lipinski definition) is 4. The van der Waals surface area contributed by atoms with E-state index in [0.717, 1.165) is 6.42 Å². The van der Waals surface area contributed by atoms with E-state index in [9.17, 15) is 9.59 Å². The molecule has 86 valence electrons. The normalized spacial score (nSPS) is 19.8. The summed E-state index contributed by atoms with van der Waals surface area (Å²) >= 11 is 0. The quantitative estimate of drug-likeness (QED) is 0.703. The van der Waals surface area contributed by atoms with Crippen LogP contribution in [0.15, 0.2) is 22.8 Å². The number of esters is 1. The number of nitrogens with zero attached hydrogens (tertiary/aromatic N) is 1. The molecular weight excluding hydrogens is 210 g/mol. The zero-order chi connectivity index (χ0) is 11.5. The fourth-order valence-corrected chi connectivity index (χ4v) is 1.93. The van der Waals surface area contributed by atoms with Crippen LogP contribution in [0.5, 0.6) is 0 Å². The molecule has 5 heteroatoms. The largest absolute Gasteiger partial charge is 0.467 e. The number of rotatable bonds is 2. The number of carbonyl (C=O) groups excluding carboxylic acids is 2. The molecule has 1 aromatic heterocycles. The second-order valence-electron chi connectivity index (χ2n) is 3.66. The van der Waals surface area contributed by atoms with Crippen molar-refractivity contribution in [1.29, 1.82) is 0 Å². The van der Waals surface area contributed by atoms with Gasteiger partial charge in [-0.05, 0) is 25.0 Å². The minimum absolute atomic E-state index is 0.252. The average Bonchev–Trinajstić information content (AvgIpc) is 2.97. The maximum atomic E-state index is 12.0. The number of hydrogen-bond donors (Lipinski definition) is 0. The Morgan fingerprint density at radius 3 is 3.00 bits per heavy atom. The highest BCUT2D eigenvalue weighted by Gasteiger charge is 2.36. The van der Waals surface area contributed by atoms with E-state index in [-0.39, 0.29) is 17.6 Å². The van der Waals surface area contributed by atoms with Crippen molar-refractivity contribution < 1.29 is 18.7 Å². The number of carbonyl (C=O) groups is 2. The first-order valence-corrected chi connectivity index (χ1v) is 5.16. The highest BCUT2D eigenvalue weighted by atomic mass is 16.5. The number of methoxy groups -OCH3 is 1. The van der Waals surface area contributed by atoms with Gasteiger partial charge in [-0.3, -0.25) is 4.79 Å². The second kappa shape index (κ2) is 4.38. The van der Waals surface area contributed by atoms with Crippen LogP contribution >= 0.6 is 0 Å². The molecule has 0 aliphatic carbocycles. The van der Waals surface area contributed by atoms with Crippen molar-refractivity contribution in [3.05, 3.63) is 24.2 Å². The summed E-state index contributed by atoms with van der Waals surface area (Å²) in [5, 5.41) is 0. The van der Waals surface area contributed by atoms with Gasteiger partial charge in [0, 0.05) is 6.54 Å². The Morgan fingerprint density at radius 1 is 1.56 bits per heavy atom. The first-order chi connectivity index (χ1) is 7.74. The van der Waals surface area contributed by atoms with Gasteiger partial charge in [-0.1, -0.05) is 0 Å². The third-order valence-electron chi connectivity index (χ3n) is 2.72. The zero-order valence-corrected chi connectivity index (χ0v) is 9.01. The van der Waals surface area contributed by atoms with Crippen LogP contribution in [0.3, 0.4) is 0 Å². The van der Waals surface area contributed by atoms with Crippen LogP contribution in [0, 0.1) is 0 Å². The molecule has 16 heavy (non-hydrogen) atoms. The highest BCUT2D eigenvalue weighted by molar-refractivity contribution is 5.94. The zero-order valence-electron chi connectivity index (χ0n) is 9.01. The smallest absolute Gasteiger partial charge is 0.328 e. The summed E-state index contributed by atoms with van der Waals surface area (Å²) in [5.74, 6) is -0.355. The van der Waals surface area contributed by atoms with Crippen molar-refractivity contribution in [1.82, 2.24) is 4.90 Å². The number of likely N-dealkylation sites (tertiary alicyclic amines) is 1. The van der Waals surface area contributed by atoms with Crippen LogP contribution < -0.4 is 0 Å². The molecule has 2 rings (SSSR count). The summed E-state index contributed by atoms with van der Waals surface area (Å²) < 4.78 is 9.69. The summed E-state index contributed by atoms with van der Waals surface area (Å²) in [6, 6.07) is 2.77. The van der Waals surface area contributed by atoms with Gasteiger partial charge in [0.1, 0.15) is 6.04 Å². The summed E-state index contributed by atoms with van der Waals surface area (Å²) in [6.45, 7) is 0.569. The van der Waals surface area contributed by atoms with Gasteiger partial charge < -0.3 is 14.1 Å². The Kier molecular flexibility index (Phi) is 2.94. The molecule has 1 fully saturated rings. The summed E-state index contributed by atoms with van der Waals surface area (Å²) in [5.41, 5.74) is 0. The van der Waals surface area contributed by atoms with Crippen molar-refractivity contribution in [2.75, 3.05) is 13.7 Å². The molecule has 0 aromatic carbocycles. The van der Waals surface area contributed by atoms with E-state index in [0.29, 0.717) is 13.0 Å². The van der Waals surface area contributed by atoms with Crippen LogP contribution in [-0.2, 0) is 9.53 Å². The van der Waals surface area contributed by atoms with Gasteiger partial charge in [0.25, 0.3) is 5.91 Å². The van der Waals surface area contributed by atoms with E-state index in [2.05, 4.69) is 4.74 Å². The molecule has 1 aliphatic rings. The lowest BCUT2D eigenvalue weighted by atomic mass is 10.2. The molecule has 0 spiro atoms. The summed E-state index contributed by atoms with van der Waals surface area (Å²) in [6.07, 6.45) is 2.90.